The first-order valence-corrected chi connectivity index (χ1v) is 8.50. The van der Waals surface area contributed by atoms with Crippen LogP contribution in [0.1, 0.15) is 53.5 Å². The van der Waals surface area contributed by atoms with Crippen LogP contribution in [0.5, 0.6) is 0 Å². The largest absolute Gasteiger partial charge is 0.342 e. The molecule has 0 amide bonds. The topological polar surface area (TPSA) is 75.7 Å². The molecule has 3 aromatic rings. The third-order valence-electron chi connectivity index (χ3n) is 3.94. The van der Waals surface area contributed by atoms with Gasteiger partial charge in [-0.25, -0.2) is 9.97 Å². The number of ketones is 2. The summed E-state index contributed by atoms with van der Waals surface area (Å²) in [6.07, 6.45) is 1.25. The van der Waals surface area contributed by atoms with Crippen molar-refractivity contribution in [3.8, 4) is 0 Å². The van der Waals surface area contributed by atoms with E-state index in [1.54, 1.807) is 18.2 Å². The number of hydrogen-bond acceptors (Lipinski definition) is 4. The van der Waals surface area contributed by atoms with E-state index in [9.17, 15) is 9.59 Å². The molecule has 0 radical (unpaired) electrons. The van der Waals surface area contributed by atoms with Crippen molar-refractivity contribution in [2.45, 2.75) is 33.1 Å². The molecule has 0 bridgehead atoms. The number of hydrogen-bond donors (Lipinski definition) is 1. The standard InChI is InChI=1S/C20H21N3O2/c1-13(2)12-19(25)17-9-5-8-16(21-17)18(24)10-11-20-22-14-6-3-4-7-15(14)23-20/h3-9,13H,10-12H2,1-2H3,(H,22,23). The van der Waals surface area contributed by atoms with E-state index in [1.807, 2.05) is 38.1 Å². The fraction of sp³-hybridized carbons (Fsp3) is 0.300. The van der Waals surface area contributed by atoms with E-state index in [1.165, 1.54) is 0 Å². The first-order chi connectivity index (χ1) is 12.0. The molecule has 0 aliphatic rings. The van der Waals surface area contributed by atoms with Gasteiger partial charge in [0.2, 0.25) is 0 Å². The van der Waals surface area contributed by atoms with Crippen LogP contribution in [0, 0.1) is 5.92 Å². The predicted octanol–water partition coefficient (Wildman–Crippen LogP) is 4.00. The Kier molecular flexibility index (Phi) is 5.03. The molecule has 2 heterocycles. The smallest absolute Gasteiger partial charge is 0.181 e. The molecule has 0 aliphatic heterocycles. The lowest BCUT2D eigenvalue weighted by atomic mass is 10.0. The summed E-state index contributed by atoms with van der Waals surface area (Å²) in [6.45, 7) is 3.97. The monoisotopic (exact) mass is 335 g/mol. The van der Waals surface area contributed by atoms with Gasteiger partial charge in [-0.1, -0.05) is 32.0 Å². The number of aromatic amines is 1. The highest BCUT2D eigenvalue weighted by atomic mass is 16.1. The number of fused-ring (bicyclic) bond motifs is 1. The van der Waals surface area contributed by atoms with Crippen molar-refractivity contribution in [1.29, 1.82) is 0 Å². The fourth-order valence-corrected chi connectivity index (χ4v) is 2.70. The predicted molar refractivity (Wildman–Crippen MR) is 96.8 cm³/mol. The minimum absolute atomic E-state index is 0.0260. The van der Waals surface area contributed by atoms with Crippen LogP contribution in [0.15, 0.2) is 42.5 Å². The summed E-state index contributed by atoms with van der Waals surface area (Å²) in [5, 5.41) is 0. The molecule has 0 fully saturated rings. The highest BCUT2D eigenvalue weighted by molar-refractivity contribution is 5.98. The Bertz CT molecular complexity index is 879. The lowest BCUT2D eigenvalue weighted by molar-refractivity contribution is 0.0962. The summed E-state index contributed by atoms with van der Waals surface area (Å²) in [7, 11) is 0. The number of imidazole rings is 1. The molecule has 1 N–H and O–H groups in total. The Labute approximate surface area is 146 Å². The van der Waals surface area contributed by atoms with E-state index in [4.69, 9.17) is 0 Å². The summed E-state index contributed by atoms with van der Waals surface area (Å²) in [6, 6.07) is 12.8. The lowest BCUT2D eigenvalue weighted by Gasteiger charge is -2.05. The van der Waals surface area contributed by atoms with Crippen molar-refractivity contribution in [3.05, 3.63) is 59.7 Å². The van der Waals surface area contributed by atoms with E-state index in [2.05, 4.69) is 15.0 Å². The van der Waals surface area contributed by atoms with Gasteiger partial charge in [-0.2, -0.15) is 0 Å². The molecule has 0 atom stereocenters. The molecule has 0 aliphatic carbocycles. The van der Waals surface area contributed by atoms with Crippen LogP contribution in [0.2, 0.25) is 0 Å². The quantitative estimate of drug-likeness (QED) is 0.662. The molecule has 1 aromatic carbocycles. The van der Waals surface area contributed by atoms with Crippen molar-refractivity contribution in [1.82, 2.24) is 15.0 Å². The number of nitrogens with one attached hydrogen (secondary N) is 1. The van der Waals surface area contributed by atoms with Gasteiger partial charge in [0.15, 0.2) is 11.6 Å². The van der Waals surface area contributed by atoms with Gasteiger partial charge in [-0.05, 0) is 30.2 Å². The minimum atomic E-state index is -0.0837. The normalized spacial score (nSPS) is 11.2. The number of aryl methyl sites for hydroxylation is 1. The summed E-state index contributed by atoms with van der Waals surface area (Å²) < 4.78 is 0. The van der Waals surface area contributed by atoms with Crippen LogP contribution in [0.3, 0.4) is 0 Å². The summed E-state index contributed by atoms with van der Waals surface area (Å²) in [5.74, 6) is 0.935. The van der Waals surface area contributed by atoms with Gasteiger partial charge < -0.3 is 4.98 Å². The summed E-state index contributed by atoms with van der Waals surface area (Å²) >= 11 is 0. The third-order valence-corrected chi connectivity index (χ3v) is 3.94. The molecule has 0 saturated carbocycles. The molecule has 2 aromatic heterocycles. The minimum Gasteiger partial charge on any atom is -0.342 e. The Balaban J connectivity index is 1.67. The number of aromatic nitrogens is 3. The Morgan fingerprint density at radius 3 is 2.40 bits per heavy atom. The maximum Gasteiger partial charge on any atom is 0.181 e. The van der Waals surface area contributed by atoms with Gasteiger partial charge in [0.05, 0.1) is 11.0 Å². The van der Waals surface area contributed by atoms with Gasteiger partial charge >= 0.3 is 0 Å². The highest BCUT2D eigenvalue weighted by Gasteiger charge is 2.14. The van der Waals surface area contributed by atoms with Gasteiger partial charge in [0.1, 0.15) is 17.2 Å². The lowest BCUT2D eigenvalue weighted by Crippen LogP contribution is -2.10. The van der Waals surface area contributed by atoms with Gasteiger partial charge in [0.25, 0.3) is 0 Å². The zero-order chi connectivity index (χ0) is 17.8. The second-order valence-corrected chi connectivity index (χ2v) is 6.55. The van der Waals surface area contributed by atoms with Crippen LogP contribution in [-0.2, 0) is 6.42 Å². The number of carbonyl (C=O) groups is 2. The molecule has 0 spiro atoms. The van der Waals surface area contributed by atoms with E-state index < -0.39 is 0 Å². The molecule has 25 heavy (non-hydrogen) atoms. The van der Waals surface area contributed by atoms with Crippen molar-refractivity contribution >= 4 is 22.6 Å². The number of carbonyl (C=O) groups excluding carboxylic acids is 2. The van der Waals surface area contributed by atoms with E-state index in [0.717, 1.165) is 16.9 Å². The van der Waals surface area contributed by atoms with Gasteiger partial charge in [0, 0.05) is 19.3 Å². The average Bonchev–Trinajstić information content (AvgIpc) is 3.02. The molecule has 0 saturated heterocycles. The molecule has 5 nitrogen and oxygen atoms in total. The van der Waals surface area contributed by atoms with E-state index >= 15 is 0 Å². The first-order valence-electron chi connectivity index (χ1n) is 8.50. The zero-order valence-corrected chi connectivity index (χ0v) is 14.5. The number of pyridine rings is 1. The third kappa shape index (κ3) is 4.18. The molecule has 5 heteroatoms. The maximum atomic E-state index is 12.4. The fourth-order valence-electron chi connectivity index (χ4n) is 2.70. The Morgan fingerprint density at radius 1 is 0.960 bits per heavy atom. The molecular weight excluding hydrogens is 314 g/mol. The Morgan fingerprint density at radius 2 is 1.68 bits per heavy atom. The van der Waals surface area contributed by atoms with Gasteiger partial charge in [-0.3, -0.25) is 9.59 Å². The van der Waals surface area contributed by atoms with Crippen molar-refractivity contribution in [3.63, 3.8) is 0 Å². The number of nitrogens with zero attached hydrogens (tertiary/aromatic N) is 2. The zero-order valence-electron chi connectivity index (χ0n) is 14.5. The second kappa shape index (κ2) is 7.38. The van der Waals surface area contributed by atoms with Crippen LogP contribution in [0.25, 0.3) is 11.0 Å². The van der Waals surface area contributed by atoms with Crippen molar-refractivity contribution in [2.75, 3.05) is 0 Å². The first kappa shape index (κ1) is 17.0. The van der Waals surface area contributed by atoms with Crippen LogP contribution in [0.4, 0.5) is 0 Å². The van der Waals surface area contributed by atoms with Crippen molar-refractivity contribution < 1.29 is 9.59 Å². The van der Waals surface area contributed by atoms with E-state index in [0.29, 0.717) is 30.7 Å². The SMILES string of the molecule is CC(C)CC(=O)c1cccc(C(=O)CCc2nc3ccccc3[nH]2)n1. The van der Waals surface area contributed by atoms with Crippen LogP contribution >= 0.6 is 0 Å². The number of Topliss-reactive ketones (excluding diaryl/α,β-unsaturated/α-hetero) is 2. The van der Waals surface area contributed by atoms with Gasteiger partial charge in [-0.15, -0.1) is 0 Å². The Hall–Kier alpha value is -2.82. The molecule has 0 unspecified atom stereocenters. The highest BCUT2D eigenvalue weighted by Crippen LogP contribution is 2.13. The van der Waals surface area contributed by atoms with Crippen LogP contribution < -0.4 is 0 Å². The number of para-hydroxylation sites is 2. The number of rotatable bonds is 7. The average molecular weight is 335 g/mol. The summed E-state index contributed by atoms with van der Waals surface area (Å²) in [4.78, 5) is 36.5. The molecule has 3 rings (SSSR count). The molecular formula is C20H21N3O2. The van der Waals surface area contributed by atoms with E-state index in [-0.39, 0.29) is 17.5 Å². The number of H-pyrrole nitrogens is 1. The maximum absolute atomic E-state index is 12.4. The summed E-state index contributed by atoms with van der Waals surface area (Å²) in [5.41, 5.74) is 2.56. The van der Waals surface area contributed by atoms with Crippen molar-refractivity contribution in [2.24, 2.45) is 5.92 Å². The second-order valence-electron chi connectivity index (χ2n) is 6.55. The van der Waals surface area contributed by atoms with Crippen LogP contribution in [-0.4, -0.2) is 26.5 Å². The molecule has 128 valence electrons. The number of benzene rings is 1.